The highest BCUT2D eigenvalue weighted by Gasteiger charge is 2.36. The largest absolute Gasteiger partial charge is 0.478 e. The Bertz CT molecular complexity index is 1140. The number of sulfonamides is 1. The fourth-order valence-electron chi connectivity index (χ4n) is 3.05. The molecule has 4 N–H and O–H groups in total. The minimum absolute atomic E-state index is 0.138. The van der Waals surface area contributed by atoms with Crippen molar-refractivity contribution < 1.29 is 31.8 Å². The molecule has 3 rings (SSSR count). The highest BCUT2D eigenvalue weighted by Crippen LogP contribution is 2.23. The molecule has 11 heteroatoms. The lowest BCUT2D eigenvalue weighted by atomic mass is 10.1. The zero-order chi connectivity index (χ0) is 21.4. The van der Waals surface area contributed by atoms with E-state index in [2.05, 4.69) is 10.0 Å². The molecule has 2 aromatic carbocycles. The van der Waals surface area contributed by atoms with E-state index in [-0.39, 0.29) is 27.7 Å². The number of aliphatic hydroxyl groups is 1. The van der Waals surface area contributed by atoms with E-state index in [1.54, 1.807) is 19.1 Å². The summed E-state index contributed by atoms with van der Waals surface area (Å²) >= 11 is 0. The van der Waals surface area contributed by atoms with Crippen LogP contribution in [0.2, 0.25) is 0 Å². The van der Waals surface area contributed by atoms with Gasteiger partial charge < -0.3 is 15.5 Å². The smallest absolute Gasteiger partial charge is 0.335 e. The van der Waals surface area contributed by atoms with E-state index in [1.807, 2.05) is 0 Å². The fourth-order valence-corrected chi connectivity index (χ4v) is 6.12. The topological polar surface area (TPSA) is 150 Å². The number of hydrogen-bond donors (Lipinski definition) is 4. The number of sulfone groups is 1. The van der Waals surface area contributed by atoms with Crippen LogP contribution in [-0.4, -0.2) is 56.7 Å². The number of aryl methyl sites for hydroxylation is 1. The van der Waals surface area contributed by atoms with Gasteiger partial charge in [-0.15, -0.1) is 0 Å². The Morgan fingerprint density at radius 2 is 1.69 bits per heavy atom. The number of carboxylic acid groups (broad SMARTS) is 1. The van der Waals surface area contributed by atoms with Crippen LogP contribution < -0.4 is 10.0 Å². The molecule has 1 aliphatic heterocycles. The highest BCUT2D eigenvalue weighted by molar-refractivity contribution is 7.92. The Morgan fingerprint density at radius 3 is 2.24 bits per heavy atom. The lowest BCUT2D eigenvalue weighted by Gasteiger charge is -2.17. The second kappa shape index (κ2) is 7.65. The van der Waals surface area contributed by atoms with Crippen molar-refractivity contribution in [3.63, 3.8) is 0 Å². The van der Waals surface area contributed by atoms with Crippen molar-refractivity contribution in [3.8, 4) is 0 Å². The van der Waals surface area contributed by atoms with Crippen molar-refractivity contribution in [1.29, 1.82) is 0 Å². The highest BCUT2D eigenvalue weighted by atomic mass is 32.2. The number of rotatable bonds is 6. The molecule has 1 saturated heterocycles. The van der Waals surface area contributed by atoms with Crippen LogP contribution >= 0.6 is 0 Å². The average molecular weight is 440 g/mol. The summed E-state index contributed by atoms with van der Waals surface area (Å²) in [6, 6.07) is 9.27. The molecule has 1 fully saturated rings. The van der Waals surface area contributed by atoms with Gasteiger partial charge in [0, 0.05) is 11.4 Å². The van der Waals surface area contributed by atoms with E-state index in [0.717, 1.165) is 6.07 Å². The Morgan fingerprint density at radius 1 is 1.07 bits per heavy atom. The van der Waals surface area contributed by atoms with Gasteiger partial charge in [0.05, 0.1) is 34.1 Å². The molecule has 156 valence electrons. The summed E-state index contributed by atoms with van der Waals surface area (Å²) in [5, 5.41) is 21.8. The maximum atomic E-state index is 12.7. The van der Waals surface area contributed by atoms with Gasteiger partial charge in [-0.05, 0) is 48.9 Å². The molecule has 1 heterocycles. The number of aromatic carboxylic acids is 1. The van der Waals surface area contributed by atoms with Gasteiger partial charge >= 0.3 is 5.97 Å². The summed E-state index contributed by atoms with van der Waals surface area (Å²) in [7, 11) is -7.30. The monoisotopic (exact) mass is 440 g/mol. The third kappa shape index (κ3) is 4.86. The van der Waals surface area contributed by atoms with Crippen LogP contribution in [0.4, 0.5) is 11.4 Å². The SMILES string of the molecule is Cc1ccc(C(=O)O)cc1S(=O)(=O)Nc1ccc(N[C@H]2CS(=O)(=O)C[C@H]2O)cc1. The van der Waals surface area contributed by atoms with E-state index in [0.29, 0.717) is 11.3 Å². The molecule has 0 amide bonds. The minimum Gasteiger partial charge on any atom is -0.478 e. The van der Waals surface area contributed by atoms with Gasteiger partial charge in [-0.25, -0.2) is 21.6 Å². The molecular formula is C18H20N2O7S2. The zero-order valence-corrected chi connectivity index (χ0v) is 17.0. The predicted octanol–water partition coefficient (Wildman–Crippen LogP) is 1.06. The fraction of sp³-hybridized carbons (Fsp3) is 0.278. The van der Waals surface area contributed by atoms with Gasteiger partial charge in [0.2, 0.25) is 0 Å². The lowest BCUT2D eigenvalue weighted by Crippen LogP contribution is -2.31. The maximum Gasteiger partial charge on any atom is 0.335 e. The van der Waals surface area contributed by atoms with E-state index >= 15 is 0 Å². The molecule has 0 aromatic heterocycles. The molecule has 0 saturated carbocycles. The number of carboxylic acids is 1. The zero-order valence-electron chi connectivity index (χ0n) is 15.4. The van der Waals surface area contributed by atoms with Gasteiger partial charge in [-0.2, -0.15) is 0 Å². The number of aliphatic hydroxyl groups excluding tert-OH is 1. The number of hydrogen-bond acceptors (Lipinski definition) is 7. The van der Waals surface area contributed by atoms with Crippen LogP contribution in [0.5, 0.6) is 0 Å². The molecule has 29 heavy (non-hydrogen) atoms. The van der Waals surface area contributed by atoms with Crippen molar-refractivity contribution in [1.82, 2.24) is 0 Å². The van der Waals surface area contributed by atoms with Crippen LogP contribution in [-0.2, 0) is 19.9 Å². The summed E-state index contributed by atoms with van der Waals surface area (Å²) in [5.41, 5.74) is 1.03. The number of carbonyl (C=O) groups is 1. The lowest BCUT2D eigenvalue weighted by molar-refractivity contribution is 0.0696. The first-order chi connectivity index (χ1) is 13.5. The van der Waals surface area contributed by atoms with E-state index in [4.69, 9.17) is 5.11 Å². The molecular weight excluding hydrogens is 420 g/mol. The maximum absolute atomic E-state index is 12.7. The number of anilines is 2. The Labute approximate surface area is 168 Å². The van der Waals surface area contributed by atoms with Gasteiger partial charge in [-0.1, -0.05) is 6.07 Å². The molecule has 1 aliphatic rings. The first-order valence-electron chi connectivity index (χ1n) is 8.59. The quantitative estimate of drug-likeness (QED) is 0.521. The van der Waals surface area contributed by atoms with Crippen molar-refractivity contribution in [2.75, 3.05) is 21.5 Å². The van der Waals surface area contributed by atoms with E-state index in [1.165, 1.54) is 24.3 Å². The van der Waals surface area contributed by atoms with Gasteiger partial charge in [-0.3, -0.25) is 4.72 Å². The standard InChI is InChI=1S/C18H20N2O7S2/c1-11-2-3-12(18(22)23)8-17(11)29(26,27)20-14-6-4-13(5-7-14)19-15-9-28(24,25)10-16(15)21/h2-8,15-16,19-21H,9-10H2,1H3,(H,22,23)/t15-,16+/m0/s1. The summed E-state index contributed by atoms with van der Waals surface area (Å²) < 4.78 is 50.8. The summed E-state index contributed by atoms with van der Waals surface area (Å²) in [5.74, 6) is -1.70. The second-order valence-electron chi connectivity index (χ2n) is 6.86. The van der Waals surface area contributed by atoms with Gasteiger partial charge in [0.15, 0.2) is 9.84 Å². The van der Waals surface area contributed by atoms with Crippen molar-refractivity contribution in [3.05, 3.63) is 53.6 Å². The van der Waals surface area contributed by atoms with Gasteiger partial charge in [0.25, 0.3) is 10.0 Å². The van der Waals surface area contributed by atoms with Crippen molar-refractivity contribution >= 4 is 37.2 Å². The van der Waals surface area contributed by atoms with Crippen LogP contribution in [0.25, 0.3) is 0 Å². The molecule has 2 atom stereocenters. The Balaban J connectivity index is 1.76. The molecule has 0 bridgehead atoms. The number of nitrogens with one attached hydrogen (secondary N) is 2. The molecule has 2 aromatic rings. The van der Waals surface area contributed by atoms with Crippen LogP contribution in [0.15, 0.2) is 47.4 Å². The van der Waals surface area contributed by atoms with Gasteiger partial charge in [0.1, 0.15) is 0 Å². The normalized spacial score (nSPS) is 20.9. The molecule has 0 radical (unpaired) electrons. The first-order valence-corrected chi connectivity index (χ1v) is 11.9. The van der Waals surface area contributed by atoms with Crippen molar-refractivity contribution in [2.24, 2.45) is 0 Å². The molecule has 0 aliphatic carbocycles. The third-order valence-electron chi connectivity index (χ3n) is 4.54. The molecule has 9 nitrogen and oxygen atoms in total. The summed E-state index contributed by atoms with van der Waals surface area (Å²) in [4.78, 5) is 11.0. The Hall–Kier alpha value is -2.63. The van der Waals surface area contributed by atoms with Crippen molar-refractivity contribution in [2.45, 2.75) is 24.0 Å². The van der Waals surface area contributed by atoms with Crippen LogP contribution in [0, 0.1) is 6.92 Å². The van der Waals surface area contributed by atoms with E-state index < -0.39 is 38.0 Å². The Kier molecular flexibility index (Phi) is 5.57. The van der Waals surface area contributed by atoms with Crippen LogP contribution in [0.1, 0.15) is 15.9 Å². The second-order valence-corrected chi connectivity index (χ2v) is 10.7. The molecule has 0 unspecified atom stereocenters. The predicted molar refractivity (Wildman–Crippen MR) is 107 cm³/mol. The molecule has 0 spiro atoms. The van der Waals surface area contributed by atoms with Crippen LogP contribution in [0.3, 0.4) is 0 Å². The minimum atomic E-state index is -4.01. The van der Waals surface area contributed by atoms with E-state index in [9.17, 15) is 26.7 Å². The third-order valence-corrected chi connectivity index (χ3v) is 7.78. The number of benzene rings is 2. The summed E-state index contributed by atoms with van der Waals surface area (Å²) in [6.45, 7) is 1.56. The first kappa shape index (κ1) is 21.1. The summed E-state index contributed by atoms with van der Waals surface area (Å²) in [6.07, 6.45) is -1.01. The average Bonchev–Trinajstić information content (AvgIpc) is 2.88.